The van der Waals surface area contributed by atoms with E-state index in [1.165, 1.54) is 28.5 Å². The molecule has 1 aliphatic rings. The second kappa shape index (κ2) is 5.15. The van der Waals surface area contributed by atoms with Crippen molar-refractivity contribution in [3.05, 3.63) is 10.6 Å². The highest BCUT2D eigenvalue weighted by Crippen LogP contribution is 2.36. The molecule has 0 spiro atoms. The van der Waals surface area contributed by atoms with E-state index < -0.39 is 0 Å². The zero-order chi connectivity index (χ0) is 11.5. The van der Waals surface area contributed by atoms with Crippen molar-refractivity contribution >= 4 is 16.5 Å². The summed E-state index contributed by atoms with van der Waals surface area (Å²) in [5.41, 5.74) is 7.38. The maximum Gasteiger partial charge on any atom is 0.185 e. The highest BCUT2D eigenvalue weighted by molar-refractivity contribution is 7.15. The molecule has 0 bridgehead atoms. The smallest absolute Gasteiger partial charge is 0.185 e. The fraction of sp³-hybridized carbons (Fsp3) is 0.750. The van der Waals surface area contributed by atoms with Gasteiger partial charge in [-0.1, -0.05) is 18.3 Å². The first kappa shape index (κ1) is 11.9. The molecule has 0 amide bonds. The standard InChI is InChI=1S/C12H21N3S/c1-3-8-15(4-2)12-14-10-7-5-6-9(13)11(10)16-12/h9H,3-8,13H2,1-2H3. The van der Waals surface area contributed by atoms with Crippen molar-refractivity contribution in [3.8, 4) is 0 Å². The molecule has 1 aromatic rings. The van der Waals surface area contributed by atoms with Crippen LogP contribution in [0.1, 0.15) is 49.7 Å². The molecule has 0 aliphatic heterocycles. The van der Waals surface area contributed by atoms with Crippen LogP contribution in [-0.2, 0) is 6.42 Å². The van der Waals surface area contributed by atoms with Crippen LogP contribution in [0.2, 0.25) is 0 Å². The predicted octanol–water partition coefficient (Wildman–Crippen LogP) is 2.72. The van der Waals surface area contributed by atoms with Gasteiger partial charge in [0.15, 0.2) is 5.13 Å². The lowest BCUT2D eigenvalue weighted by Gasteiger charge is -2.18. The molecule has 0 aromatic carbocycles. The summed E-state index contributed by atoms with van der Waals surface area (Å²) in [6.07, 6.45) is 4.60. The van der Waals surface area contributed by atoms with Crippen LogP contribution in [-0.4, -0.2) is 18.1 Å². The van der Waals surface area contributed by atoms with Crippen molar-refractivity contribution < 1.29 is 0 Å². The van der Waals surface area contributed by atoms with Gasteiger partial charge in [-0.2, -0.15) is 0 Å². The Kier molecular flexibility index (Phi) is 3.82. The minimum atomic E-state index is 0.232. The molecule has 1 aromatic heterocycles. The first-order chi connectivity index (χ1) is 7.76. The molecule has 3 nitrogen and oxygen atoms in total. The number of rotatable bonds is 4. The number of aryl methyl sites for hydroxylation is 1. The summed E-state index contributed by atoms with van der Waals surface area (Å²) in [6, 6.07) is 0.232. The molecular formula is C12H21N3S. The number of hydrogen-bond donors (Lipinski definition) is 1. The Morgan fingerprint density at radius 1 is 1.50 bits per heavy atom. The van der Waals surface area contributed by atoms with E-state index in [1.54, 1.807) is 11.3 Å². The van der Waals surface area contributed by atoms with E-state index >= 15 is 0 Å². The molecule has 0 saturated carbocycles. The van der Waals surface area contributed by atoms with Crippen molar-refractivity contribution in [2.24, 2.45) is 5.73 Å². The third-order valence-electron chi connectivity index (χ3n) is 3.13. The van der Waals surface area contributed by atoms with Crippen molar-refractivity contribution in [2.75, 3.05) is 18.0 Å². The minimum absolute atomic E-state index is 0.232. The second-order valence-electron chi connectivity index (χ2n) is 4.39. The van der Waals surface area contributed by atoms with Crippen LogP contribution >= 0.6 is 11.3 Å². The SMILES string of the molecule is CCCN(CC)c1nc2c(s1)C(N)CCC2. The Morgan fingerprint density at radius 3 is 2.94 bits per heavy atom. The summed E-state index contributed by atoms with van der Waals surface area (Å²) < 4.78 is 0. The Hall–Kier alpha value is -0.610. The summed E-state index contributed by atoms with van der Waals surface area (Å²) in [5.74, 6) is 0. The van der Waals surface area contributed by atoms with Gasteiger partial charge in [-0.25, -0.2) is 4.98 Å². The van der Waals surface area contributed by atoms with Crippen LogP contribution in [0.3, 0.4) is 0 Å². The maximum atomic E-state index is 6.13. The van der Waals surface area contributed by atoms with Gasteiger partial charge in [0.25, 0.3) is 0 Å². The lowest BCUT2D eigenvalue weighted by atomic mass is 9.99. The number of aromatic nitrogens is 1. The summed E-state index contributed by atoms with van der Waals surface area (Å²) in [6.45, 7) is 6.53. The molecule has 0 saturated heterocycles. The minimum Gasteiger partial charge on any atom is -0.348 e. The fourth-order valence-electron chi connectivity index (χ4n) is 2.23. The van der Waals surface area contributed by atoms with E-state index in [9.17, 15) is 0 Å². The largest absolute Gasteiger partial charge is 0.348 e. The second-order valence-corrected chi connectivity index (χ2v) is 5.39. The van der Waals surface area contributed by atoms with Crippen LogP contribution in [0.5, 0.6) is 0 Å². The van der Waals surface area contributed by atoms with Crippen LogP contribution in [0.15, 0.2) is 0 Å². The van der Waals surface area contributed by atoms with Crippen LogP contribution in [0.4, 0.5) is 5.13 Å². The van der Waals surface area contributed by atoms with Gasteiger partial charge < -0.3 is 10.6 Å². The van der Waals surface area contributed by atoms with Crippen molar-refractivity contribution in [1.29, 1.82) is 0 Å². The Morgan fingerprint density at radius 2 is 2.31 bits per heavy atom. The molecule has 2 N–H and O–H groups in total. The molecule has 0 radical (unpaired) electrons. The maximum absolute atomic E-state index is 6.13. The van der Waals surface area contributed by atoms with Gasteiger partial charge in [0.1, 0.15) is 0 Å². The molecule has 90 valence electrons. The quantitative estimate of drug-likeness (QED) is 0.878. The molecular weight excluding hydrogens is 218 g/mol. The zero-order valence-electron chi connectivity index (χ0n) is 10.2. The van der Waals surface area contributed by atoms with E-state index in [-0.39, 0.29) is 6.04 Å². The number of nitrogens with two attached hydrogens (primary N) is 1. The number of hydrogen-bond acceptors (Lipinski definition) is 4. The first-order valence-corrected chi connectivity index (χ1v) is 7.08. The first-order valence-electron chi connectivity index (χ1n) is 6.26. The summed E-state index contributed by atoms with van der Waals surface area (Å²) in [7, 11) is 0. The third kappa shape index (κ3) is 2.23. The van der Waals surface area contributed by atoms with Gasteiger partial charge >= 0.3 is 0 Å². The Labute approximate surface area is 102 Å². The van der Waals surface area contributed by atoms with Crippen molar-refractivity contribution in [3.63, 3.8) is 0 Å². The van der Waals surface area contributed by atoms with E-state index in [2.05, 4.69) is 18.7 Å². The van der Waals surface area contributed by atoms with E-state index in [0.717, 1.165) is 25.9 Å². The monoisotopic (exact) mass is 239 g/mol. The summed E-state index contributed by atoms with van der Waals surface area (Å²) in [5, 5.41) is 1.17. The van der Waals surface area contributed by atoms with Crippen LogP contribution in [0.25, 0.3) is 0 Å². The normalized spacial score (nSPS) is 19.6. The molecule has 1 unspecified atom stereocenters. The van der Waals surface area contributed by atoms with E-state index in [0.29, 0.717) is 0 Å². The average Bonchev–Trinajstić information content (AvgIpc) is 2.71. The Bertz CT molecular complexity index is 348. The summed E-state index contributed by atoms with van der Waals surface area (Å²) in [4.78, 5) is 8.44. The number of thiazole rings is 1. The highest BCUT2D eigenvalue weighted by atomic mass is 32.1. The zero-order valence-corrected chi connectivity index (χ0v) is 11.0. The van der Waals surface area contributed by atoms with Crippen LogP contribution < -0.4 is 10.6 Å². The van der Waals surface area contributed by atoms with Gasteiger partial charge in [-0.3, -0.25) is 0 Å². The van der Waals surface area contributed by atoms with Gasteiger partial charge in [-0.05, 0) is 32.6 Å². The fourth-order valence-corrected chi connectivity index (χ4v) is 3.47. The van der Waals surface area contributed by atoms with Gasteiger partial charge in [0, 0.05) is 24.0 Å². The molecule has 4 heteroatoms. The van der Waals surface area contributed by atoms with Gasteiger partial charge in [0.2, 0.25) is 0 Å². The van der Waals surface area contributed by atoms with Crippen LogP contribution in [0, 0.1) is 0 Å². The molecule has 0 fully saturated rings. The van der Waals surface area contributed by atoms with Gasteiger partial charge in [-0.15, -0.1) is 0 Å². The average molecular weight is 239 g/mol. The van der Waals surface area contributed by atoms with Crippen molar-refractivity contribution in [2.45, 2.75) is 45.6 Å². The summed E-state index contributed by atoms with van der Waals surface area (Å²) >= 11 is 1.81. The number of anilines is 1. The lowest BCUT2D eigenvalue weighted by Crippen LogP contribution is -2.23. The third-order valence-corrected chi connectivity index (χ3v) is 4.42. The number of nitrogens with zero attached hydrogens (tertiary/aromatic N) is 2. The topological polar surface area (TPSA) is 42.2 Å². The van der Waals surface area contributed by atoms with E-state index in [4.69, 9.17) is 10.7 Å². The molecule has 16 heavy (non-hydrogen) atoms. The van der Waals surface area contributed by atoms with E-state index in [1.807, 2.05) is 0 Å². The highest BCUT2D eigenvalue weighted by Gasteiger charge is 2.23. The molecule has 1 aliphatic carbocycles. The molecule has 2 rings (SSSR count). The lowest BCUT2D eigenvalue weighted by molar-refractivity contribution is 0.573. The molecule has 1 heterocycles. The number of fused-ring (bicyclic) bond motifs is 1. The van der Waals surface area contributed by atoms with Gasteiger partial charge in [0.05, 0.1) is 5.69 Å². The predicted molar refractivity (Wildman–Crippen MR) is 70.2 cm³/mol. The van der Waals surface area contributed by atoms with Crippen molar-refractivity contribution in [1.82, 2.24) is 4.98 Å². The Balaban J connectivity index is 2.22. The molecule has 1 atom stereocenters.